The third-order valence-electron chi connectivity index (χ3n) is 2.70. The van der Waals surface area contributed by atoms with E-state index in [4.69, 9.17) is 4.52 Å². The maximum atomic E-state index is 10.0. The minimum Gasteiger partial charge on any atom is -0.379 e. The molecule has 17 heavy (non-hydrogen) atoms. The Morgan fingerprint density at radius 2 is 2.24 bits per heavy atom. The zero-order valence-electron chi connectivity index (χ0n) is 9.87. The van der Waals surface area contributed by atoms with E-state index in [9.17, 15) is 5.11 Å². The molecule has 90 valence electrons. The van der Waals surface area contributed by atoms with E-state index in [2.05, 4.69) is 15.1 Å². The van der Waals surface area contributed by atoms with Gasteiger partial charge in [-0.05, 0) is 18.6 Å². The molecule has 5 nitrogen and oxygen atoms in total. The van der Waals surface area contributed by atoms with E-state index in [1.54, 1.807) is 24.4 Å². The van der Waals surface area contributed by atoms with E-state index in [-0.39, 0.29) is 11.7 Å². The summed E-state index contributed by atoms with van der Waals surface area (Å²) in [6.07, 6.45) is 1.60. The van der Waals surface area contributed by atoms with Crippen molar-refractivity contribution >= 4 is 0 Å². The fourth-order valence-corrected chi connectivity index (χ4v) is 1.40. The molecule has 0 aliphatic rings. The lowest BCUT2D eigenvalue weighted by Crippen LogP contribution is -2.04. The maximum absolute atomic E-state index is 10.0. The first-order valence-corrected chi connectivity index (χ1v) is 5.64. The van der Waals surface area contributed by atoms with Crippen LogP contribution in [0.3, 0.4) is 0 Å². The Kier molecular flexibility index (Phi) is 3.49. The molecule has 2 rings (SSSR count). The summed E-state index contributed by atoms with van der Waals surface area (Å²) in [6.45, 7) is 4.05. The van der Waals surface area contributed by atoms with Gasteiger partial charge in [-0.15, -0.1) is 0 Å². The molecule has 0 amide bonds. The van der Waals surface area contributed by atoms with Crippen LogP contribution < -0.4 is 0 Å². The predicted molar refractivity (Wildman–Crippen MR) is 61.3 cm³/mol. The van der Waals surface area contributed by atoms with E-state index in [1.807, 2.05) is 13.8 Å². The number of hydrogen-bond donors (Lipinski definition) is 1. The summed E-state index contributed by atoms with van der Waals surface area (Å²) in [6, 6.07) is 5.32. The zero-order valence-corrected chi connectivity index (χ0v) is 9.87. The minimum absolute atomic E-state index is 0.201. The third-order valence-corrected chi connectivity index (χ3v) is 2.70. The first kappa shape index (κ1) is 11.7. The Morgan fingerprint density at radius 3 is 2.88 bits per heavy atom. The van der Waals surface area contributed by atoms with Crippen LogP contribution in [0.25, 0.3) is 0 Å². The van der Waals surface area contributed by atoms with E-state index >= 15 is 0 Å². The van der Waals surface area contributed by atoms with Crippen molar-refractivity contribution in [3.8, 4) is 0 Å². The summed E-state index contributed by atoms with van der Waals surface area (Å²) in [5.74, 6) is 1.02. The highest BCUT2D eigenvalue weighted by molar-refractivity contribution is 5.13. The summed E-state index contributed by atoms with van der Waals surface area (Å²) >= 11 is 0. The number of aromatic nitrogens is 3. The molecule has 0 aliphatic heterocycles. The van der Waals surface area contributed by atoms with Crippen LogP contribution in [0.1, 0.15) is 49.7 Å². The lowest BCUT2D eigenvalue weighted by molar-refractivity contribution is 0.199. The van der Waals surface area contributed by atoms with E-state index in [0.29, 0.717) is 11.6 Å². The average Bonchev–Trinajstić information content (AvgIpc) is 2.87. The molecule has 0 saturated carbocycles. The van der Waals surface area contributed by atoms with Gasteiger partial charge in [0.15, 0.2) is 6.10 Å². The second-order valence-corrected chi connectivity index (χ2v) is 3.96. The Labute approximate surface area is 99.5 Å². The van der Waals surface area contributed by atoms with Crippen molar-refractivity contribution in [1.82, 2.24) is 15.1 Å². The Balaban J connectivity index is 2.20. The topological polar surface area (TPSA) is 72.0 Å². The first-order chi connectivity index (χ1) is 8.22. The molecule has 0 saturated heterocycles. The van der Waals surface area contributed by atoms with Gasteiger partial charge in [-0.25, -0.2) is 0 Å². The standard InChI is InChI=1S/C12H15N3O2/c1-3-8(2)12-14-11(15-17-12)10(16)9-6-4-5-7-13-9/h4-8,10,16H,3H2,1-2H3. The molecule has 1 N–H and O–H groups in total. The Bertz CT molecular complexity index is 470. The second kappa shape index (κ2) is 5.05. The van der Waals surface area contributed by atoms with Crippen LogP contribution in [0.15, 0.2) is 28.9 Å². The van der Waals surface area contributed by atoms with E-state index in [1.165, 1.54) is 0 Å². The van der Waals surface area contributed by atoms with Crippen molar-refractivity contribution in [3.63, 3.8) is 0 Å². The molecule has 0 fully saturated rings. The summed E-state index contributed by atoms with van der Waals surface area (Å²) in [5, 5.41) is 13.8. The molecule has 2 aromatic heterocycles. The van der Waals surface area contributed by atoms with Gasteiger partial charge in [0, 0.05) is 12.1 Å². The van der Waals surface area contributed by atoms with Crippen molar-refractivity contribution in [3.05, 3.63) is 41.8 Å². The van der Waals surface area contributed by atoms with Crippen molar-refractivity contribution in [1.29, 1.82) is 0 Å². The van der Waals surface area contributed by atoms with E-state index in [0.717, 1.165) is 6.42 Å². The van der Waals surface area contributed by atoms with Gasteiger partial charge >= 0.3 is 0 Å². The molecule has 2 atom stereocenters. The monoisotopic (exact) mass is 233 g/mol. The van der Waals surface area contributed by atoms with Gasteiger partial charge in [0.05, 0.1) is 5.69 Å². The van der Waals surface area contributed by atoms with Crippen LogP contribution in [0, 0.1) is 0 Å². The van der Waals surface area contributed by atoms with Gasteiger partial charge in [0.2, 0.25) is 11.7 Å². The highest BCUT2D eigenvalue weighted by atomic mass is 16.5. The van der Waals surface area contributed by atoms with Gasteiger partial charge in [-0.2, -0.15) is 4.98 Å². The number of rotatable bonds is 4. The number of pyridine rings is 1. The fourth-order valence-electron chi connectivity index (χ4n) is 1.40. The highest BCUT2D eigenvalue weighted by Crippen LogP contribution is 2.21. The molecule has 2 unspecified atom stereocenters. The predicted octanol–water partition coefficient (Wildman–Crippen LogP) is 2.06. The zero-order chi connectivity index (χ0) is 12.3. The second-order valence-electron chi connectivity index (χ2n) is 3.96. The quantitative estimate of drug-likeness (QED) is 0.875. The number of aliphatic hydroxyl groups is 1. The van der Waals surface area contributed by atoms with Crippen LogP contribution in [0.4, 0.5) is 0 Å². The molecule has 5 heteroatoms. The largest absolute Gasteiger partial charge is 0.379 e. The van der Waals surface area contributed by atoms with Gasteiger partial charge < -0.3 is 9.63 Å². The van der Waals surface area contributed by atoms with Crippen LogP contribution >= 0.6 is 0 Å². The van der Waals surface area contributed by atoms with E-state index < -0.39 is 6.10 Å². The Hall–Kier alpha value is -1.75. The molecular weight excluding hydrogens is 218 g/mol. The number of aliphatic hydroxyl groups excluding tert-OH is 1. The summed E-state index contributed by atoms with van der Waals surface area (Å²) in [4.78, 5) is 8.25. The average molecular weight is 233 g/mol. The fraction of sp³-hybridized carbons (Fsp3) is 0.417. The number of nitrogens with zero attached hydrogens (tertiary/aromatic N) is 3. The van der Waals surface area contributed by atoms with Crippen molar-refractivity contribution in [2.75, 3.05) is 0 Å². The van der Waals surface area contributed by atoms with Gasteiger partial charge in [0.25, 0.3) is 0 Å². The van der Waals surface area contributed by atoms with Crippen molar-refractivity contribution < 1.29 is 9.63 Å². The highest BCUT2D eigenvalue weighted by Gasteiger charge is 2.20. The summed E-state index contributed by atoms with van der Waals surface area (Å²) in [5.41, 5.74) is 0.518. The molecule has 2 aromatic rings. The van der Waals surface area contributed by atoms with Gasteiger partial charge in [-0.3, -0.25) is 4.98 Å². The molecule has 0 radical (unpaired) electrons. The SMILES string of the molecule is CCC(C)c1nc(C(O)c2ccccn2)no1. The van der Waals surface area contributed by atoms with Crippen LogP contribution in [0.5, 0.6) is 0 Å². The molecule has 0 aromatic carbocycles. The summed E-state index contributed by atoms with van der Waals surface area (Å²) < 4.78 is 5.11. The van der Waals surface area contributed by atoms with Crippen LogP contribution in [-0.4, -0.2) is 20.2 Å². The van der Waals surface area contributed by atoms with Crippen molar-refractivity contribution in [2.45, 2.75) is 32.3 Å². The Morgan fingerprint density at radius 1 is 1.41 bits per heavy atom. The molecular formula is C12H15N3O2. The lowest BCUT2D eigenvalue weighted by atomic mass is 10.1. The molecule has 0 spiro atoms. The van der Waals surface area contributed by atoms with Crippen LogP contribution in [0.2, 0.25) is 0 Å². The molecule has 2 heterocycles. The first-order valence-electron chi connectivity index (χ1n) is 5.64. The normalized spacial score (nSPS) is 14.5. The van der Waals surface area contributed by atoms with Crippen LogP contribution in [-0.2, 0) is 0 Å². The molecule has 0 bridgehead atoms. The lowest BCUT2D eigenvalue weighted by Gasteiger charge is -2.04. The minimum atomic E-state index is -0.933. The third kappa shape index (κ3) is 2.50. The summed E-state index contributed by atoms with van der Waals surface area (Å²) in [7, 11) is 0. The van der Waals surface area contributed by atoms with Gasteiger partial charge in [0.1, 0.15) is 0 Å². The van der Waals surface area contributed by atoms with Gasteiger partial charge in [-0.1, -0.05) is 25.1 Å². The smallest absolute Gasteiger partial charge is 0.229 e. The number of hydrogen-bond acceptors (Lipinski definition) is 5. The maximum Gasteiger partial charge on any atom is 0.229 e. The molecule has 0 aliphatic carbocycles. The van der Waals surface area contributed by atoms with Crippen molar-refractivity contribution in [2.24, 2.45) is 0 Å².